The highest BCUT2D eigenvalue weighted by atomic mass is 32.2. The molecule has 0 aromatic rings. The summed E-state index contributed by atoms with van der Waals surface area (Å²) in [5, 5.41) is 0. The van der Waals surface area contributed by atoms with E-state index in [0.717, 1.165) is 24.3 Å². The fraction of sp³-hybridized carbons (Fsp3) is 0.750. The van der Waals surface area contributed by atoms with E-state index in [-0.39, 0.29) is 0 Å². The molecule has 11 heavy (non-hydrogen) atoms. The van der Waals surface area contributed by atoms with Crippen LogP contribution in [0.3, 0.4) is 0 Å². The first kappa shape index (κ1) is 10.8. The topological polar surface area (TPSA) is 43.1 Å². The molecule has 66 valence electrons. The molecule has 1 atom stereocenters. The molecular formula is C8H17NOS. The summed E-state index contributed by atoms with van der Waals surface area (Å²) >= 11 is 0. The van der Waals surface area contributed by atoms with Gasteiger partial charge in [0.15, 0.2) is 0 Å². The summed E-state index contributed by atoms with van der Waals surface area (Å²) in [4.78, 5) is 0. The molecule has 0 aliphatic carbocycles. The molecule has 2 N–H and O–H groups in total. The van der Waals surface area contributed by atoms with E-state index in [1.54, 1.807) is 0 Å². The fourth-order valence-corrected chi connectivity index (χ4v) is 1.80. The zero-order valence-corrected chi connectivity index (χ0v) is 7.90. The highest BCUT2D eigenvalue weighted by molar-refractivity contribution is 7.84. The van der Waals surface area contributed by atoms with Crippen LogP contribution in [0.15, 0.2) is 12.2 Å². The zero-order valence-electron chi connectivity index (χ0n) is 7.08. The molecule has 0 amide bonds. The van der Waals surface area contributed by atoms with Crippen molar-refractivity contribution in [3.63, 3.8) is 0 Å². The van der Waals surface area contributed by atoms with Gasteiger partial charge in [-0.2, -0.15) is 0 Å². The lowest BCUT2D eigenvalue weighted by Gasteiger charge is -1.96. The minimum absolute atomic E-state index is 0.648. The first-order chi connectivity index (χ1) is 5.31. The van der Waals surface area contributed by atoms with Gasteiger partial charge in [-0.05, 0) is 26.3 Å². The molecule has 0 saturated carbocycles. The van der Waals surface area contributed by atoms with E-state index < -0.39 is 10.8 Å². The molecule has 3 heteroatoms. The quantitative estimate of drug-likeness (QED) is 0.613. The van der Waals surface area contributed by atoms with Gasteiger partial charge in [-0.25, -0.2) is 0 Å². The average Bonchev–Trinajstić information content (AvgIpc) is 2.01. The van der Waals surface area contributed by atoms with Crippen LogP contribution in [0.1, 0.15) is 19.8 Å². The first-order valence-corrected chi connectivity index (χ1v) is 5.46. The van der Waals surface area contributed by atoms with E-state index in [0.29, 0.717) is 6.54 Å². The Kier molecular flexibility index (Phi) is 7.84. The molecule has 0 aliphatic heterocycles. The number of hydrogen-bond donors (Lipinski definition) is 1. The second-order valence-electron chi connectivity index (χ2n) is 2.35. The van der Waals surface area contributed by atoms with E-state index >= 15 is 0 Å². The van der Waals surface area contributed by atoms with Gasteiger partial charge < -0.3 is 5.73 Å². The Hall–Kier alpha value is -0.150. The molecule has 1 unspecified atom stereocenters. The second kappa shape index (κ2) is 7.95. The summed E-state index contributed by atoms with van der Waals surface area (Å²) < 4.78 is 11.1. The van der Waals surface area contributed by atoms with E-state index in [4.69, 9.17) is 5.73 Å². The molecular weight excluding hydrogens is 158 g/mol. The van der Waals surface area contributed by atoms with E-state index in [1.807, 2.05) is 19.1 Å². The van der Waals surface area contributed by atoms with E-state index in [9.17, 15) is 4.21 Å². The van der Waals surface area contributed by atoms with Crippen molar-refractivity contribution in [1.29, 1.82) is 0 Å². The Bertz CT molecular complexity index is 134. The SMILES string of the molecule is C/C=C/CCS(=O)CCCN. The third-order valence-corrected chi connectivity index (χ3v) is 2.76. The van der Waals surface area contributed by atoms with Crippen molar-refractivity contribution in [3.05, 3.63) is 12.2 Å². The van der Waals surface area contributed by atoms with Gasteiger partial charge in [-0.3, -0.25) is 4.21 Å². The lowest BCUT2D eigenvalue weighted by molar-refractivity contribution is 0.680. The zero-order chi connectivity index (χ0) is 8.53. The molecule has 0 saturated heterocycles. The van der Waals surface area contributed by atoms with Gasteiger partial charge in [0.2, 0.25) is 0 Å². The second-order valence-corrected chi connectivity index (χ2v) is 4.04. The number of rotatable bonds is 6. The minimum atomic E-state index is -0.653. The third-order valence-electron chi connectivity index (χ3n) is 1.32. The number of hydrogen-bond acceptors (Lipinski definition) is 2. The normalized spacial score (nSPS) is 14.0. The van der Waals surface area contributed by atoms with Crippen LogP contribution in [0.2, 0.25) is 0 Å². The van der Waals surface area contributed by atoms with Crippen molar-refractivity contribution in [2.45, 2.75) is 19.8 Å². The van der Waals surface area contributed by atoms with E-state index in [1.165, 1.54) is 0 Å². The summed E-state index contributed by atoms with van der Waals surface area (Å²) in [6.07, 6.45) is 5.83. The Labute approximate surface area is 71.3 Å². The van der Waals surface area contributed by atoms with Crippen LogP contribution in [-0.2, 0) is 10.8 Å². The van der Waals surface area contributed by atoms with Crippen LogP contribution < -0.4 is 5.73 Å². The van der Waals surface area contributed by atoms with Crippen LogP contribution in [0.5, 0.6) is 0 Å². The standard InChI is InChI=1S/C8H17NOS/c1-2-3-4-7-11(10)8-5-6-9/h2-3H,4-9H2,1H3/b3-2+. The van der Waals surface area contributed by atoms with Gasteiger partial charge in [0.25, 0.3) is 0 Å². The lowest BCUT2D eigenvalue weighted by atomic mass is 10.4. The first-order valence-electron chi connectivity index (χ1n) is 3.97. The summed E-state index contributed by atoms with van der Waals surface area (Å²) in [5.41, 5.74) is 5.28. The van der Waals surface area contributed by atoms with E-state index in [2.05, 4.69) is 0 Å². The Morgan fingerprint density at radius 3 is 2.73 bits per heavy atom. The Morgan fingerprint density at radius 1 is 1.45 bits per heavy atom. The van der Waals surface area contributed by atoms with Crippen LogP contribution in [0.25, 0.3) is 0 Å². The van der Waals surface area contributed by atoms with Crippen LogP contribution >= 0.6 is 0 Å². The van der Waals surface area contributed by atoms with Gasteiger partial charge >= 0.3 is 0 Å². The van der Waals surface area contributed by atoms with Crippen molar-refractivity contribution in [2.24, 2.45) is 5.73 Å². The fourth-order valence-electron chi connectivity index (χ4n) is 0.713. The summed E-state index contributed by atoms with van der Waals surface area (Å²) in [6.45, 7) is 2.62. The minimum Gasteiger partial charge on any atom is -0.330 e. The average molecular weight is 175 g/mol. The van der Waals surface area contributed by atoms with Gasteiger partial charge in [0.05, 0.1) is 0 Å². The highest BCUT2D eigenvalue weighted by Gasteiger charge is 1.95. The van der Waals surface area contributed by atoms with Gasteiger partial charge in [0, 0.05) is 22.3 Å². The lowest BCUT2D eigenvalue weighted by Crippen LogP contribution is -2.07. The molecule has 0 aromatic carbocycles. The molecule has 0 radical (unpaired) electrons. The monoisotopic (exact) mass is 175 g/mol. The van der Waals surface area contributed by atoms with Crippen molar-refractivity contribution < 1.29 is 4.21 Å². The molecule has 0 rings (SSSR count). The van der Waals surface area contributed by atoms with Crippen LogP contribution in [0, 0.1) is 0 Å². The molecule has 0 bridgehead atoms. The Morgan fingerprint density at radius 2 is 2.18 bits per heavy atom. The molecule has 0 aromatic heterocycles. The maximum atomic E-state index is 11.1. The summed E-state index contributed by atoms with van der Waals surface area (Å²) in [7, 11) is -0.653. The van der Waals surface area contributed by atoms with Crippen LogP contribution in [0.4, 0.5) is 0 Å². The predicted octanol–water partition coefficient (Wildman–Crippen LogP) is 1.05. The van der Waals surface area contributed by atoms with Crippen LogP contribution in [-0.4, -0.2) is 22.3 Å². The highest BCUT2D eigenvalue weighted by Crippen LogP contribution is 1.91. The number of allylic oxidation sites excluding steroid dienone is 2. The molecule has 0 heterocycles. The molecule has 2 nitrogen and oxygen atoms in total. The summed E-state index contributed by atoms with van der Waals surface area (Å²) in [6, 6.07) is 0. The molecule has 0 aliphatic rings. The van der Waals surface area contributed by atoms with Crippen molar-refractivity contribution in [2.75, 3.05) is 18.1 Å². The largest absolute Gasteiger partial charge is 0.330 e. The predicted molar refractivity (Wildman–Crippen MR) is 51.0 cm³/mol. The van der Waals surface area contributed by atoms with Gasteiger partial charge in [-0.1, -0.05) is 12.2 Å². The van der Waals surface area contributed by atoms with Crippen molar-refractivity contribution in [3.8, 4) is 0 Å². The van der Waals surface area contributed by atoms with Crippen molar-refractivity contribution >= 4 is 10.8 Å². The summed E-state index contributed by atoms with van der Waals surface area (Å²) in [5.74, 6) is 1.54. The maximum absolute atomic E-state index is 11.1. The molecule has 0 spiro atoms. The van der Waals surface area contributed by atoms with Gasteiger partial charge in [-0.15, -0.1) is 0 Å². The molecule has 0 fully saturated rings. The van der Waals surface area contributed by atoms with Gasteiger partial charge in [0.1, 0.15) is 0 Å². The van der Waals surface area contributed by atoms with Crippen molar-refractivity contribution in [1.82, 2.24) is 0 Å². The Balaban J connectivity index is 3.22. The smallest absolute Gasteiger partial charge is 0.0269 e. The third kappa shape index (κ3) is 7.75. The maximum Gasteiger partial charge on any atom is 0.0269 e. The number of nitrogens with two attached hydrogens (primary N) is 1.